The minimum Gasteiger partial charge on any atom is -0.507 e. The van der Waals surface area contributed by atoms with Crippen LogP contribution in [0, 0.1) is 26.2 Å². The van der Waals surface area contributed by atoms with Crippen LogP contribution in [-0.4, -0.2) is 47.4 Å². The topological polar surface area (TPSA) is 72.9 Å². The van der Waals surface area contributed by atoms with Gasteiger partial charge >= 0.3 is 0 Å². The largest absolute Gasteiger partial charge is 0.507 e. The molecule has 0 saturated heterocycles. The van der Waals surface area contributed by atoms with Crippen LogP contribution in [0.5, 0.6) is 5.75 Å². The van der Waals surface area contributed by atoms with Gasteiger partial charge < -0.3 is 20.2 Å². The van der Waals surface area contributed by atoms with E-state index in [1.165, 1.54) is 0 Å². The van der Waals surface area contributed by atoms with Crippen LogP contribution in [0.1, 0.15) is 60.2 Å². The summed E-state index contributed by atoms with van der Waals surface area (Å²) in [5, 5.41) is 13.3. The average molecular weight is 452 g/mol. The molecule has 0 aromatic heterocycles. The summed E-state index contributed by atoms with van der Waals surface area (Å²) in [5.41, 5.74) is 5.42. The fourth-order valence-corrected chi connectivity index (χ4v) is 4.46. The number of nitrogens with one attached hydrogen (secondary N) is 1. The second kappa shape index (κ2) is 9.18. The molecular formula is C27H37N3O3. The molecule has 0 bridgehead atoms. The van der Waals surface area contributed by atoms with Gasteiger partial charge in [0.1, 0.15) is 11.8 Å². The lowest BCUT2D eigenvalue weighted by molar-refractivity contribution is -0.146. The van der Waals surface area contributed by atoms with E-state index in [2.05, 4.69) is 28.4 Å². The molecule has 2 amide bonds. The van der Waals surface area contributed by atoms with Crippen molar-refractivity contribution in [2.75, 3.05) is 26.0 Å². The summed E-state index contributed by atoms with van der Waals surface area (Å²) in [7, 11) is 4.02. The maximum absolute atomic E-state index is 13.8. The molecule has 6 heteroatoms. The van der Waals surface area contributed by atoms with Crippen LogP contribution in [0.25, 0.3) is 0 Å². The highest BCUT2D eigenvalue weighted by atomic mass is 16.3. The summed E-state index contributed by atoms with van der Waals surface area (Å²) < 4.78 is 0. The van der Waals surface area contributed by atoms with E-state index in [0.717, 1.165) is 40.8 Å². The zero-order valence-corrected chi connectivity index (χ0v) is 21.2. The molecule has 1 atom stereocenters. The smallest absolute Gasteiger partial charge is 0.251 e. The van der Waals surface area contributed by atoms with Gasteiger partial charge in [-0.1, -0.05) is 39.0 Å². The molecule has 0 radical (unpaired) electrons. The summed E-state index contributed by atoms with van der Waals surface area (Å²) in [5.74, 6) is -0.0318. The summed E-state index contributed by atoms with van der Waals surface area (Å²) in [6.07, 6.45) is 0.722. The first-order chi connectivity index (χ1) is 15.3. The SMILES string of the molecule is Cc1cc(NC(=O)C2c3cc(CN(C)C)ccc3CCN2C(=O)C(C)(C)C)c(C)c(C)c1O. The molecule has 2 aromatic carbocycles. The maximum Gasteiger partial charge on any atom is 0.251 e. The molecule has 33 heavy (non-hydrogen) atoms. The number of phenols is 1. The first kappa shape index (κ1) is 24.8. The van der Waals surface area contributed by atoms with Crippen molar-refractivity contribution in [3.63, 3.8) is 0 Å². The van der Waals surface area contributed by atoms with Crippen molar-refractivity contribution in [1.29, 1.82) is 0 Å². The summed E-state index contributed by atoms with van der Waals surface area (Å²) in [4.78, 5) is 31.0. The van der Waals surface area contributed by atoms with Crippen molar-refractivity contribution in [2.24, 2.45) is 5.41 Å². The Bertz CT molecular complexity index is 1080. The second-order valence-electron chi connectivity index (χ2n) is 10.5. The van der Waals surface area contributed by atoms with Crippen molar-refractivity contribution in [1.82, 2.24) is 9.80 Å². The molecule has 178 valence electrons. The number of carbonyl (C=O) groups excluding carboxylic acids is 2. The van der Waals surface area contributed by atoms with Crippen LogP contribution >= 0.6 is 0 Å². The Balaban J connectivity index is 2.08. The van der Waals surface area contributed by atoms with Gasteiger partial charge in [0.25, 0.3) is 5.91 Å². The highest BCUT2D eigenvalue weighted by Crippen LogP contribution is 2.36. The normalized spacial score (nSPS) is 16.0. The van der Waals surface area contributed by atoms with Gasteiger partial charge in [-0.25, -0.2) is 0 Å². The molecule has 0 spiro atoms. The van der Waals surface area contributed by atoms with Gasteiger partial charge in [-0.05, 0) is 80.7 Å². The summed E-state index contributed by atoms with van der Waals surface area (Å²) in [6.45, 7) is 12.5. The molecule has 0 fully saturated rings. The zero-order valence-electron chi connectivity index (χ0n) is 21.2. The number of aryl methyl sites for hydroxylation is 1. The van der Waals surface area contributed by atoms with Crippen molar-refractivity contribution in [3.8, 4) is 5.75 Å². The number of rotatable bonds is 4. The number of aromatic hydroxyl groups is 1. The Labute approximate surface area is 197 Å². The van der Waals surface area contributed by atoms with Gasteiger partial charge in [-0.2, -0.15) is 0 Å². The molecule has 0 saturated carbocycles. The molecular weight excluding hydrogens is 414 g/mol. The lowest BCUT2D eigenvalue weighted by atomic mass is 9.86. The fraction of sp³-hybridized carbons (Fsp3) is 0.481. The lowest BCUT2D eigenvalue weighted by Crippen LogP contribution is -2.49. The molecule has 1 unspecified atom stereocenters. The second-order valence-corrected chi connectivity index (χ2v) is 10.5. The van der Waals surface area contributed by atoms with Gasteiger partial charge in [0, 0.05) is 24.2 Å². The Morgan fingerprint density at radius 3 is 2.39 bits per heavy atom. The number of benzene rings is 2. The predicted molar refractivity (Wildman–Crippen MR) is 132 cm³/mol. The molecule has 2 N–H and O–H groups in total. The van der Waals surface area contributed by atoms with E-state index in [4.69, 9.17) is 0 Å². The summed E-state index contributed by atoms with van der Waals surface area (Å²) >= 11 is 0. The Morgan fingerprint density at radius 2 is 1.79 bits per heavy atom. The van der Waals surface area contributed by atoms with Crippen molar-refractivity contribution in [2.45, 2.75) is 60.5 Å². The third-order valence-corrected chi connectivity index (χ3v) is 6.40. The van der Waals surface area contributed by atoms with Crippen LogP contribution in [-0.2, 0) is 22.6 Å². The zero-order chi connectivity index (χ0) is 24.7. The van der Waals surface area contributed by atoms with Crippen LogP contribution < -0.4 is 5.32 Å². The highest BCUT2D eigenvalue weighted by molar-refractivity contribution is 5.99. The third-order valence-electron chi connectivity index (χ3n) is 6.40. The third kappa shape index (κ3) is 5.06. The van der Waals surface area contributed by atoms with Crippen molar-refractivity contribution < 1.29 is 14.7 Å². The first-order valence-electron chi connectivity index (χ1n) is 11.5. The van der Waals surface area contributed by atoms with E-state index >= 15 is 0 Å². The Hall–Kier alpha value is -2.86. The average Bonchev–Trinajstić information content (AvgIpc) is 2.73. The van der Waals surface area contributed by atoms with Gasteiger partial charge in [-0.3, -0.25) is 9.59 Å². The molecule has 1 aliphatic rings. The fourth-order valence-electron chi connectivity index (χ4n) is 4.46. The maximum atomic E-state index is 13.8. The van der Waals surface area contributed by atoms with E-state index < -0.39 is 11.5 Å². The quantitative estimate of drug-likeness (QED) is 0.672. The molecule has 2 aromatic rings. The summed E-state index contributed by atoms with van der Waals surface area (Å²) in [6, 6.07) is 7.34. The van der Waals surface area contributed by atoms with Crippen LogP contribution in [0.2, 0.25) is 0 Å². The van der Waals surface area contributed by atoms with Crippen LogP contribution in [0.15, 0.2) is 24.3 Å². The van der Waals surface area contributed by atoms with E-state index in [1.54, 1.807) is 11.0 Å². The van der Waals surface area contributed by atoms with E-state index in [-0.39, 0.29) is 17.6 Å². The van der Waals surface area contributed by atoms with Crippen molar-refractivity contribution >= 4 is 17.5 Å². The van der Waals surface area contributed by atoms with Crippen molar-refractivity contribution in [3.05, 3.63) is 57.6 Å². The number of hydrogen-bond donors (Lipinski definition) is 2. The van der Waals surface area contributed by atoms with Crippen LogP contribution in [0.4, 0.5) is 5.69 Å². The van der Waals surface area contributed by atoms with Gasteiger partial charge in [0.05, 0.1) is 0 Å². The minimum atomic E-state index is -0.712. The number of carbonyl (C=O) groups is 2. The van der Waals surface area contributed by atoms with E-state index in [0.29, 0.717) is 17.8 Å². The Kier molecular flexibility index (Phi) is 6.89. The number of hydrogen-bond acceptors (Lipinski definition) is 4. The number of amides is 2. The van der Waals surface area contributed by atoms with E-state index in [1.807, 2.05) is 55.6 Å². The van der Waals surface area contributed by atoms with Gasteiger partial charge in [0.15, 0.2) is 0 Å². The molecule has 3 rings (SSSR count). The number of phenolic OH excluding ortho intramolecular Hbond substituents is 1. The number of anilines is 1. The molecule has 6 nitrogen and oxygen atoms in total. The lowest BCUT2D eigenvalue weighted by Gasteiger charge is -2.40. The number of nitrogens with zero attached hydrogens (tertiary/aromatic N) is 2. The molecule has 1 heterocycles. The first-order valence-corrected chi connectivity index (χ1v) is 11.5. The molecule has 1 aliphatic heterocycles. The highest BCUT2D eigenvalue weighted by Gasteiger charge is 2.40. The standard InChI is InChI=1S/C27H37N3O3/c1-16-13-22(17(2)18(3)24(16)31)28-25(32)23-21-14-19(15-29(7)8)9-10-20(21)11-12-30(23)26(33)27(4,5)6/h9-10,13-14,23,31H,11-12,15H2,1-8H3,(H,28,32). The predicted octanol–water partition coefficient (Wildman–Crippen LogP) is 4.49. The van der Waals surface area contributed by atoms with Gasteiger partial charge in [-0.15, -0.1) is 0 Å². The van der Waals surface area contributed by atoms with E-state index in [9.17, 15) is 14.7 Å². The Morgan fingerprint density at radius 1 is 1.12 bits per heavy atom. The minimum absolute atomic E-state index is 0.0406. The molecule has 0 aliphatic carbocycles. The number of fused-ring (bicyclic) bond motifs is 1. The van der Waals surface area contributed by atoms with Crippen LogP contribution in [0.3, 0.4) is 0 Å². The van der Waals surface area contributed by atoms with Gasteiger partial charge in [0.2, 0.25) is 5.91 Å². The monoisotopic (exact) mass is 451 g/mol.